The summed E-state index contributed by atoms with van der Waals surface area (Å²) in [6.07, 6.45) is -50.5. The summed E-state index contributed by atoms with van der Waals surface area (Å²) in [6, 6.07) is -3.49. The van der Waals surface area contributed by atoms with Crippen LogP contribution in [-0.4, -0.2) is 304 Å². The van der Waals surface area contributed by atoms with E-state index >= 15 is 0 Å². The normalized spacial score (nSPS) is 50.8. The summed E-state index contributed by atoms with van der Waals surface area (Å²) in [5, 5.41) is 176. The highest BCUT2D eigenvalue weighted by Gasteiger charge is 2.58. The fraction of sp³-hybridized carbons (Fsp3) is 0.950. The third kappa shape index (κ3) is 12.6. The topological polar surface area (TPSA) is 483 Å². The van der Waals surface area contributed by atoms with Crippen LogP contribution in [0.15, 0.2) is 0 Å². The fourth-order valence-electron chi connectivity index (χ4n) is 9.10. The van der Waals surface area contributed by atoms with E-state index in [0.717, 1.165) is 13.8 Å². The number of aliphatic hydroxyl groups is 16. The minimum Gasteiger partial charge on any atom is -0.394 e. The minimum atomic E-state index is -2.14. The first kappa shape index (κ1) is 58.1. The van der Waals surface area contributed by atoms with Gasteiger partial charge in [-0.3, -0.25) is 9.59 Å². The molecular formula is C40H68N2O29. The molecule has 2 amide bonds. The maximum atomic E-state index is 12.8. The quantitative estimate of drug-likeness (QED) is 0.0682. The molecular weight excluding hydrogens is 972 g/mol. The Kier molecular flexibility index (Phi) is 20.2. The molecule has 1 unspecified atom stereocenters. The number of ether oxygens (including phenoxy) is 11. The van der Waals surface area contributed by atoms with Crippen molar-refractivity contribution in [3.05, 3.63) is 0 Å². The largest absolute Gasteiger partial charge is 0.394 e. The molecule has 6 rings (SSSR count). The molecule has 0 spiro atoms. The van der Waals surface area contributed by atoms with Crippen LogP contribution < -0.4 is 10.6 Å². The van der Waals surface area contributed by atoms with Gasteiger partial charge in [0, 0.05) is 13.8 Å². The molecule has 30 atom stereocenters. The fourth-order valence-corrected chi connectivity index (χ4v) is 9.10. The van der Waals surface area contributed by atoms with Crippen LogP contribution in [0.4, 0.5) is 0 Å². The molecule has 0 aromatic carbocycles. The van der Waals surface area contributed by atoms with Gasteiger partial charge in [0.25, 0.3) is 0 Å². The molecule has 0 saturated carbocycles. The van der Waals surface area contributed by atoms with E-state index in [1.54, 1.807) is 0 Å². The maximum Gasteiger partial charge on any atom is 0.217 e. The van der Waals surface area contributed by atoms with Crippen molar-refractivity contribution >= 4 is 11.8 Å². The first-order valence-electron chi connectivity index (χ1n) is 22.8. The average molecular weight is 1040 g/mol. The molecule has 0 radical (unpaired) electrons. The molecule has 412 valence electrons. The second kappa shape index (κ2) is 24.7. The monoisotopic (exact) mass is 1040 g/mol. The summed E-state index contributed by atoms with van der Waals surface area (Å²) >= 11 is 0. The van der Waals surface area contributed by atoms with Gasteiger partial charge in [-0.25, -0.2) is 0 Å². The Balaban J connectivity index is 1.31. The van der Waals surface area contributed by atoms with E-state index in [1.165, 1.54) is 13.8 Å². The molecule has 6 aliphatic rings. The number of carbonyl (C=O) groups is 2. The lowest BCUT2D eigenvalue weighted by molar-refractivity contribution is -0.385. The summed E-state index contributed by atoms with van der Waals surface area (Å²) in [6.45, 7) is 1.07. The van der Waals surface area contributed by atoms with Gasteiger partial charge >= 0.3 is 0 Å². The van der Waals surface area contributed by atoms with Gasteiger partial charge in [0.1, 0.15) is 134 Å². The van der Waals surface area contributed by atoms with E-state index in [1.807, 2.05) is 0 Å². The van der Waals surface area contributed by atoms with Crippen LogP contribution in [0.5, 0.6) is 0 Å². The number of rotatable bonds is 16. The predicted molar refractivity (Wildman–Crippen MR) is 220 cm³/mol. The third-order valence-electron chi connectivity index (χ3n) is 13.1. The van der Waals surface area contributed by atoms with Crippen molar-refractivity contribution in [1.29, 1.82) is 0 Å². The lowest BCUT2D eigenvalue weighted by Crippen LogP contribution is -2.71. The van der Waals surface area contributed by atoms with E-state index in [2.05, 4.69) is 10.6 Å². The molecule has 0 bridgehead atoms. The molecule has 31 nitrogen and oxygen atoms in total. The lowest BCUT2D eigenvalue weighted by atomic mass is 9.93. The summed E-state index contributed by atoms with van der Waals surface area (Å²) in [4.78, 5) is 25.4. The van der Waals surface area contributed by atoms with E-state index in [4.69, 9.17) is 52.1 Å². The van der Waals surface area contributed by atoms with Gasteiger partial charge in [0.2, 0.25) is 11.8 Å². The Hall–Kier alpha value is -2.14. The second-order valence-corrected chi connectivity index (χ2v) is 18.2. The summed E-state index contributed by atoms with van der Waals surface area (Å²) in [5.41, 5.74) is 0. The third-order valence-corrected chi connectivity index (χ3v) is 13.1. The summed E-state index contributed by atoms with van der Waals surface area (Å²) in [5.74, 6) is -1.64. The minimum absolute atomic E-state index is 0.784. The Morgan fingerprint density at radius 3 is 1.37 bits per heavy atom. The van der Waals surface area contributed by atoms with Crippen LogP contribution in [-0.2, 0) is 61.7 Å². The molecule has 71 heavy (non-hydrogen) atoms. The van der Waals surface area contributed by atoms with Crippen LogP contribution in [0.2, 0.25) is 0 Å². The zero-order valence-electron chi connectivity index (χ0n) is 38.6. The molecule has 31 heteroatoms. The Labute approximate surface area is 403 Å². The molecule has 6 aliphatic heterocycles. The van der Waals surface area contributed by atoms with E-state index in [-0.39, 0.29) is 0 Å². The maximum absolute atomic E-state index is 12.8. The van der Waals surface area contributed by atoms with Crippen LogP contribution >= 0.6 is 0 Å². The molecule has 0 aromatic rings. The van der Waals surface area contributed by atoms with Crippen LogP contribution in [0, 0.1) is 0 Å². The standard InChI is InChI=1S/C40H68N2O29/c1-9-19(48)24(53)27(56)37(62-9)61-8-16-32(33(18(35(60)64-16)42-12(4)47)70-38-28(57)25(54)20(49)10(2)63-38)69-36-17(41-11(3)46)23(52)31(15(7-45)67-36)68-40-30(59)34(22(51)14(6-44)66-40)71-39-29(58)26(55)21(50)13(5-43)65-39/h9-10,13-40,43-45,48-60H,5-8H2,1-4H3,(H,41,46)(H,42,47)/t9-,10-,13+,14+,15+,16+,17+,18+,19+,20+,21+,22+,23+,24+,25+,26-,27-,28-,29-,30-,31+,32+,33+,34-,35?,36-,37+,38-,39+,40-/m0/s1. The molecule has 6 saturated heterocycles. The first-order valence-corrected chi connectivity index (χ1v) is 22.8. The van der Waals surface area contributed by atoms with Crippen LogP contribution in [0.1, 0.15) is 27.7 Å². The smallest absolute Gasteiger partial charge is 0.217 e. The predicted octanol–water partition coefficient (Wildman–Crippen LogP) is -11.8. The highest BCUT2D eigenvalue weighted by Crippen LogP contribution is 2.37. The molecule has 6 heterocycles. The van der Waals surface area contributed by atoms with Crippen LogP contribution in [0.25, 0.3) is 0 Å². The highest BCUT2D eigenvalue weighted by molar-refractivity contribution is 5.73. The average Bonchev–Trinajstić information content (AvgIpc) is 3.32. The summed E-state index contributed by atoms with van der Waals surface area (Å²) < 4.78 is 64.0. The van der Waals surface area contributed by atoms with Gasteiger partial charge in [-0.1, -0.05) is 0 Å². The van der Waals surface area contributed by atoms with Crippen molar-refractivity contribution in [2.45, 2.75) is 212 Å². The highest BCUT2D eigenvalue weighted by atomic mass is 16.8. The number of aliphatic hydroxyl groups excluding tert-OH is 16. The van der Waals surface area contributed by atoms with Crippen molar-refractivity contribution in [2.75, 3.05) is 26.4 Å². The first-order chi connectivity index (χ1) is 33.4. The number of carbonyl (C=O) groups excluding carboxylic acids is 2. The van der Waals surface area contributed by atoms with Gasteiger partial charge in [0.05, 0.1) is 38.6 Å². The van der Waals surface area contributed by atoms with Gasteiger partial charge in [-0.05, 0) is 13.8 Å². The van der Waals surface area contributed by atoms with Gasteiger partial charge in [0.15, 0.2) is 37.7 Å². The lowest BCUT2D eigenvalue weighted by Gasteiger charge is -2.51. The SMILES string of the molecule is CC(=O)N[C@H]1[C@H](O[C@H]2[C@H](O[C@@H]3O[C@@H](C)[C@@H](O)[C@@H](O)[C@@H]3O)[C@@H](NC(C)=O)C(O)O[C@@H]2CO[C@@H]2O[C@@H](C)[C@@H](O)[C@@H](O)[C@@H]2O)O[C@H](CO)[C@@H](O[C@@H]2O[C@H](CO)[C@@H](O)[C@H](O[C@H]3O[C@H](CO)[C@@H](O)[C@H](O)[C@@H]3O)[C@@H]2O)[C@@H]1O. The Morgan fingerprint density at radius 1 is 0.394 bits per heavy atom. The number of hydrogen-bond donors (Lipinski definition) is 18. The summed E-state index contributed by atoms with van der Waals surface area (Å²) in [7, 11) is 0. The van der Waals surface area contributed by atoms with E-state index in [0.29, 0.717) is 0 Å². The molecule has 0 aromatic heterocycles. The zero-order chi connectivity index (χ0) is 52.5. The van der Waals surface area contributed by atoms with Crippen molar-refractivity contribution in [1.82, 2.24) is 10.6 Å². The van der Waals surface area contributed by atoms with Gasteiger partial charge in [-0.2, -0.15) is 0 Å². The van der Waals surface area contributed by atoms with Crippen molar-refractivity contribution < 1.29 is 143 Å². The Morgan fingerprint density at radius 2 is 0.817 bits per heavy atom. The molecule has 18 N–H and O–H groups in total. The molecule has 0 aliphatic carbocycles. The van der Waals surface area contributed by atoms with Crippen molar-refractivity contribution in [3.8, 4) is 0 Å². The van der Waals surface area contributed by atoms with Crippen molar-refractivity contribution in [2.24, 2.45) is 0 Å². The van der Waals surface area contributed by atoms with Gasteiger partial charge in [-0.15, -0.1) is 0 Å². The Bertz CT molecular complexity index is 1710. The van der Waals surface area contributed by atoms with E-state index < -0.39 is 222 Å². The van der Waals surface area contributed by atoms with Crippen LogP contribution in [0.3, 0.4) is 0 Å². The van der Waals surface area contributed by atoms with Crippen molar-refractivity contribution in [3.63, 3.8) is 0 Å². The number of amides is 2. The molecule has 6 fully saturated rings. The zero-order valence-corrected chi connectivity index (χ0v) is 38.6. The van der Waals surface area contributed by atoms with E-state index in [9.17, 15) is 91.3 Å². The number of nitrogens with one attached hydrogen (secondary N) is 2. The van der Waals surface area contributed by atoms with Gasteiger partial charge < -0.3 is 144 Å². The number of hydrogen-bond acceptors (Lipinski definition) is 29. The second-order valence-electron chi connectivity index (χ2n) is 18.2.